The van der Waals surface area contributed by atoms with Crippen molar-refractivity contribution in [3.8, 4) is 11.5 Å². The monoisotopic (exact) mass is 220 g/mol. The van der Waals surface area contributed by atoms with Crippen LogP contribution in [0.5, 0.6) is 11.5 Å². The third-order valence-corrected chi connectivity index (χ3v) is 2.82. The van der Waals surface area contributed by atoms with Crippen LogP contribution in [0.4, 0.5) is 0 Å². The topological polar surface area (TPSA) is 68.3 Å². The standard InChI is InChI=1S/C12H16N2O2/c1-15-9-5-6-10(12(13)14)11(7-9)16-8-3-2-4-8/h5-8H,2-4H2,1H3,(H3,13,14). The zero-order valence-corrected chi connectivity index (χ0v) is 9.32. The van der Waals surface area contributed by atoms with Gasteiger partial charge in [0.05, 0.1) is 18.8 Å². The fraction of sp³-hybridized carbons (Fsp3) is 0.417. The van der Waals surface area contributed by atoms with Gasteiger partial charge in [0.15, 0.2) is 0 Å². The summed E-state index contributed by atoms with van der Waals surface area (Å²) in [5.41, 5.74) is 6.14. The number of ether oxygens (including phenoxy) is 2. The first-order valence-corrected chi connectivity index (χ1v) is 5.40. The molecule has 1 fully saturated rings. The van der Waals surface area contributed by atoms with E-state index in [2.05, 4.69) is 0 Å². The Morgan fingerprint density at radius 2 is 2.19 bits per heavy atom. The van der Waals surface area contributed by atoms with Crippen LogP contribution in [0.15, 0.2) is 18.2 Å². The normalized spacial score (nSPS) is 15.3. The molecular formula is C12H16N2O2. The lowest BCUT2D eigenvalue weighted by Gasteiger charge is -2.27. The Morgan fingerprint density at radius 1 is 1.44 bits per heavy atom. The summed E-state index contributed by atoms with van der Waals surface area (Å²) in [4.78, 5) is 0. The van der Waals surface area contributed by atoms with E-state index in [-0.39, 0.29) is 11.9 Å². The molecule has 1 aromatic carbocycles. The van der Waals surface area contributed by atoms with Gasteiger partial charge in [0, 0.05) is 6.07 Å². The molecule has 0 aromatic heterocycles. The maximum atomic E-state index is 7.48. The molecule has 0 saturated heterocycles. The Morgan fingerprint density at radius 3 is 2.69 bits per heavy atom. The molecule has 0 atom stereocenters. The average molecular weight is 220 g/mol. The Labute approximate surface area is 94.9 Å². The number of nitrogen functional groups attached to an aromatic ring is 1. The molecule has 0 spiro atoms. The molecule has 1 aliphatic carbocycles. The van der Waals surface area contributed by atoms with Crippen LogP contribution < -0.4 is 15.2 Å². The number of methoxy groups -OCH3 is 1. The molecule has 0 aliphatic heterocycles. The lowest BCUT2D eigenvalue weighted by Crippen LogP contribution is -2.26. The third-order valence-electron chi connectivity index (χ3n) is 2.82. The van der Waals surface area contributed by atoms with E-state index in [1.54, 1.807) is 25.3 Å². The molecule has 0 amide bonds. The lowest BCUT2D eigenvalue weighted by molar-refractivity contribution is 0.119. The first-order chi connectivity index (χ1) is 7.70. The minimum Gasteiger partial charge on any atom is -0.497 e. The van der Waals surface area contributed by atoms with Crippen LogP contribution in [0, 0.1) is 5.41 Å². The van der Waals surface area contributed by atoms with Gasteiger partial charge in [0.25, 0.3) is 0 Å². The molecule has 0 radical (unpaired) electrons. The van der Waals surface area contributed by atoms with Crippen molar-refractivity contribution in [2.24, 2.45) is 5.73 Å². The van der Waals surface area contributed by atoms with E-state index < -0.39 is 0 Å². The average Bonchev–Trinajstić information content (AvgIpc) is 2.22. The number of hydrogen-bond acceptors (Lipinski definition) is 3. The SMILES string of the molecule is COc1ccc(C(=N)N)c(OC2CCC2)c1. The highest BCUT2D eigenvalue weighted by molar-refractivity contribution is 5.97. The van der Waals surface area contributed by atoms with E-state index in [0.717, 1.165) is 18.6 Å². The van der Waals surface area contributed by atoms with E-state index in [9.17, 15) is 0 Å². The molecular weight excluding hydrogens is 204 g/mol. The van der Waals surface area contributed by atoms with Crippen molar-refractivity contribution in [3.63, 3.8) is 0 Å². The van der Waals surface area contributed by atoms with Crippen molar-refractivity contribution >= 4 is 5.84 Å². The second-order valence-electron chi connectivity index (χ2n) is 3.95. The van der Waals surface area contributed by atoms with Crippen molar-refractivity contribution < 1.29 is 9.47 Å². The summed E-state index contributed by atoms with van der Waals surface area (Å²) in [6, 6.07) is 5.33. The van der Waals surface area contributed by atoms with Gasteiger partial charge in [-0.2, -0.15) is 0 Å². The molecule has 16 heavy (non-hydrogen) atoms. The Hall–Kier alpha value is -1.71. The minimum absolute atomic E-state index is 0.0250. The predicted octanol–water partition coefficient (Wildman–Crippen LogP) is 1.91. The molecule has 0 unspecified atom stereocenters. The zero-order chi connectivity index (χ0) is 11.5. The zero-order valence-electron chi connectivity index (χ0n) is 9.32. The van der Waals surface area contributed by atoms with Crippen LogP contribution in [0.3, 0.4) is 0 Å². The van der Waals surface area contributed by atoms with Gasteiger partial charge < -0.3 is 15.2 Å². The van der Waals surface area contributed by atoms with Crippen LogP contribution in [0.2, 0.25) is 0 Å². The number of hydrogen-bond donors (Lipinski definition) is 2. The lowest BCUT2D eigenvalue weighted by atomic mass is 9.96. The van der Waals surface area contributed by atoms with Crippen LogP contribution in [-0.2, 0) is 0 Å². The predicted molar refractivity (Wildman–Crippen MR) is 62.3 cm³/mol. The number of nitrogens with one attached hydrogen (secondary N) is 1. The van der Waals surface area contributed by atoms with Gasteiger partial charge in [-0.3, -0.25) is 5.41 Å². The second kappa shape index (κ2) is 4.43. The Balaban J connectivity index is 2.25. The summed E-state index contributed by atoms with van der Waals surface area (Å²) >= 11 is 0. The number of benzene rings is 1. The van der Waals surface area contributed by atoms with Gasteiger partial charge in [0.2, 0.25) is 0 Å². The highest BCUT2D eigenvalue weighted by Gasteiger charge is 2.21. The summed E-state index contributed by atoms with van der Waals surface area (Å²) in [7, 11) is 1.61. The molecule has 0 heterocycles. The van der Waals surface area contributed by atoms with Crippen LogP contribution in [0.25, 0.3) is 0 Å². The van der Waals surface area contributed by atoms with Crippen LogP contribution >= 0.6 is 0 Å². The molecule has 1 aromatic rings. The highest BCUT2D eigenvalue weighted by Crippen LogP contribution is 2.30. The molecule has 4 nitrogen and oxygen atoms in total. The van der Waals surface area contributed by atoms with Gasteiger partial charge in [-0.05, 0) is 31.4 Å². The minimum atomic E-state index is 0.0250. The number of nitrogens with two attached hydrogens (primary N) is 1. The summed E-state index contributed by atoms with van der Waals surface area (Å²) in [5, 5.41) is 7.48. The molecule has 1 saturated carbocycles. The van der Waals surface area contributed by atoms with Gasteiger partial charge in [-0.25, -0.2) is 0 Å². The first-order valence-electron chi connectivity index (χ1n) is 5.40. The summed E-state index contributed by atoms with van der Waals surface area (Å²) < 4.78 is 10.9. The van der Waals surface area contributed by atoms with Crippen molar-refractivity contribution in [2.75, 3.05) is 7.11 Å². The summed E-state index contributed by atoms with van der Waals surface area (Å²) in [5.74, 6) is 1.40. The van der Waals surface area contributed by atoms with Gasteiger partial charge in [-0.1, -0.05) is 0 Å². The van der Waals surface area contributed by atoms with E-state index in [1.807, 2.05) is 0 Å². The summed E-state index contributed by atoms with van der Waals surface area (Å²) in [6.45, 7) is 0. The Kier molecular flexibility index (Phi) is 2.99. The van der Waals surface area contributed by atoms with Gasteiger partial charge in [-0.15, -0.1) is 0 Å². The second-order valence-corrected chi connectivity index (χ2v) is 3.95. The summed E-state index contributed by atoms with van der Waals surface area (Å²) in [6.07, 6.45) is 3.64. The van der Waals surface area contributed by atoms with Crippen molar-refractivity contribution in [3.05, 3.63) is 23.8 Å². The number of amidine groups is 1. The van der Waals surface area contributed by atoms with Crippen molar-refractivity contribution in [1.29, 1.82) is 5.41 Å². The Bertz CT molecular complexity index is 400. The fourth-order valence-electron chi connectivity index (χ4n) is 1.62. The molecule has 4 heteroatoms. The van der Waals surface area contributed by atoms with Gasteiger partial charge in [0.1, 0.15) is 17.3 Å². The quantitative estimate of drug-likeness (QED) is 0.601. The molecule has 2 rings (SSSR count). The van der Waals surface area contributed by atoms with E-state index in [0.29, 0.717) is 11.3 Å². The van der Waals surface area contributed by atoms with E-state index >= 15 is 0 Å². The fourth-order valence-corrected chi connectivity index (χ4v) is 1.62. The molecule has 1 aliphatic rings. The largest absolute Gasteiger partial charge is 0.497 e. The van der Waals surface area contributed by atoms with Gasteiger partial charge >= 0.3 is 0 Å². The van der Waals surface area contributed by atoms with Crippen molar-refractivity contribution in [2.45, 2.75) is 25.4 Å². The van der Waals surface area contributed by atoms with E-state index in [1.165, 1.54) is 6.42 Å². The van der Waals surface area contributed by atoms with Crippen molar-refractivity contribution in [1.82, 2.24) is 0 Å². The third kappa shape index (κ3) is 2.10. The molecule has 3 N–H and O–H groups in total. The first kappa shape index (κ1) is 10.8. The smallest absolute Gasteiger partial charge is 0.134 e. The maximum Gasteiger partial charge on any atom is 0.134 e. The van der Waals surface area contributed by atoms with Crippen LogP contribution in [0.1, 0.15) is 24.8 Å². The highest BCUT2D eigenvalue weighted by atomic mass is 16.5. The molecule has 86 valence electrons. The molecule has 0 bridgehead atoms. The maximum absolute atomic E-state index is 7.48. The van der Waals surface area contributed by atoms with Crippen LogP contribution in [-0.4, -0.2) is 19.0 Å². The van der Waals surface area contributed by atoms with E-state index in [4.69, 9.17) is 20.6 Å². The number of rotatable bonds is 4.